The molecule has 0 spiro atoms. The van der Waals surface area contributed by atoms with Gasteiger partial charge in [-0.1, -0.05) is 0 Å². The molecule has 0 amide bonds. The van der Waals surface area contributed by atoms with E-state index < -0.39 is 5.97 Å². The molecule has 0 saturated carbocycles. The van der Waals surface area contributed by atoms with Gasteiger partial charge in [-0.25, -0.2) is 0 Å². The predicted molar refractivity (Wildman–Crippen MR) is 49.6 cm³/mol. The second-order valence-corrected chi connectivity index (χ2v) is 3.71. The maximum absolute atomic E-state index is 10.5. The number of aromatic nitrogens is 2. The molecule has 0 aliphatic carbocycles. The van der Waals surface area contributed by atoms with Gasteiger partial charge in [-0.05, 0) is 6.07 Å². The van der Waals surface area contributed by atoms with Crippen molar-refractivity contribution in [3.05, 3.63) is 18.0 Å². The van der Waals surface area contributed by atoms with Gasteiger partial charge in [0.15, 0.2) is 0 Å². The Morgan fingerprint density at radius 2 is 2.43 bits per heavy atom. The van der Waals surface area contributed by atoms with Gasteiger partial charge < -0.3 is 5.11 Å². The van der Waals surface area contributed by atoms with E-state index >= 15 is 0 Å². The number of carboxylic acids is 1. The number of hydrogen-bond donors (Lipinski definition) is 1. The molecule has 1 saturated heterocycles. The van der Waals surface area contributed by atoms with Gasteiger partial charge >= 0.3 is 5.97 Å². The molecule has 1 aromatic rings. The number of aliphatic carboxylic acids is 1. The van der Waals surface area contributed by atoms with Crippen LogP contribution in [-0.2, 0) is 18.4 Å². The molecular formula is C9H13N3O2. The van der Waals surface area contributed by atoms with Crippen LogP contribution in [0.5, 0.6) is 0 Å². The molecular weight excluding hydrogens is 182 g/mol. The third-order valence-electron chi connectivity index (χ3n) is 2.46. The van der Waals surface area contributed by atoms with Gasteiger partial charge in [-0.15, -0.1) is 0 Å². The van der Waals surface area contributed by atoms with Crippen molar-refractivity contribution >= 4 is 5.97 Å². The zero-order valence-electron chi connectivity index (χ0n) is 8.05. The van der Waals surface area contributed by atoms with E-state index in [4.69, 9.17) is 5.11 Å². The first-order valence-electron chi connectivity index (χ1n) is 4.59. The van der Waals surface area contributed by atoms with Crippen LogP contribution >= 0.6 is 0 Å². The molecule has 14 heavy (non-hydrogen) atoms. The summed E-state index contributed by atoms with van der Waals surface area (Å²) in [5.74, 6) is -0.874. The minimum Gasteiger partial charge on any atom is -0.481 e. The summed E-state index contributed by atoms with van der Waals surface area (Å²) < 4.78 is 1.75. The van der Waals surface area contributed by atoms with Crippen molar-refractivity contribution in [2.75, 3.05) is 13.1 Å². The molecule has 5 heteroatoms. The summed E-state index contributed by atoms with van der Waals surface area (Å²) in [6, 6.07) is 1.95. The predicted octanol–water partition coefficient (Wildman–Crippen LogP) is -0.0635. The Bertz CT molecular complexity index is 342. The zero-order valence-corrected chi connectivity index (χ0v) is 8.05. The van der Waals surface area contributed by atoms with Gasteiger partial charge in [0.25, 0.3) is 0 Å². The molecule has 76 valence electrons. The highest BCUT2D eigenvalue weighted by Crippen LogP contribution is 2.17. The van der Waals surface area contributed by atoms with Crippen LogP contribution in [0, 0.1) is 5.92 Å². The second-order valence-electron chi connectivity index (χ2n) is 3.71. The smallest absolute Gasteiger partial charge is 0.309 e. The summed E-state index contributed by atoms with van der Waals surface area (Å²) in [7, 11) is 1.87. The van der Waals surface area contributed by atoms with Crippen molar-refractivity contribution in [2.45, 2.75) is 6.54 Å². The van der Waals surface area contributed by atoms with E-state index in [-0.39, 0.29) is 5.92 Å². The minimum atomic E-state index is -0.692. The molecule has 1 aromatic heterocycles. The lowest BCUT2D eigenvalue weighted by molar-refractivity contribution is -0.147. The van der Waals surface area contributed by atoms with Crippen molar-refractivity contribution in [3.8, 4) is 0 Å². The van der Waals surface area contributed by atoms with E-state index in [1.807, 2.05) is 19.3 Å². The molecule has 0 aromatic carbocycles. The largest absolute Gasteiger partial charge is 0.481 e. The fourth-order valence-electron chi connectivity index (χ4n) is 1.63. The highest BCUT2D eigenvalue weighted by atomic mass is 16.4. The third kappa shape index (κ3) is 1.77. The van der Waals surface area contributed by atoms with E-state index in [0.29, 0.717) is 13.1 Å². The molecule has 0 atom stereocenters. The average Bonchev–Trinajstić information content (AvgIpc) is 2.42. The zero-order chi connectivity index (χ0) is 10.1. The fourth-order valence-corrected chi connectivity index (χ4v) is 1.63. The summed E-state index contributed by atoms with van der Waals surface area (Å²) in [6.45, 7) is 2.04. The number of carbonyl (C=O) groups is 1. The standard InChI is InChI=1S/C9H13N3O2/c1-11-3-2-8(10-11)6-12-4-7(5-12)9(13)14/h2-3,7H,4-6H2,1H3,(H,13,14). The second kappa shape index (κ2) is 3.42. The number of rotatable bonds is 3. The Kier molecular flexibility index (Phi) is 2.25. The monoisotopic (exact) mass is 195 g/mol. The quantitative estimate of drug-likeness (QED) is 0.734. The molecule has 5 nitrogen and oxygen atoms in total. The molecule has 1 N–H and O–H groups in total. The molecule has 1 fully saturated rings. The van der Waals surface area contributed by atoms with Crippen molar-refractivity contribution in [2.24, 2.45) is 13.0 Å². The van der Waals surface area contributed by atoms with E-state index in [0.717, 1.165) is 12.2 Å². The van der Waals surface area contributed by atoms with Gasteiger partial charge in [0.2, 0.25) is 0 Å². The van der Waals surface area contributed by atoms with Crippen LogP contribution in [0.2, 0.25) is 0 Å². The normalized spacial score (nSPS) is 18.1. The van der Waals surface area contributed by atoms with Gasteiger partial charge in [0.1, 0.15) is 0 Å². The van der Waals surface area contributed by atoms with Gasteiger partial charge in [-0.3, -0.25) is 14.4 Å². The summed E-state index contributed by atoms with van der Waals surface area (Å²) in [4.78, 5) is 12.6. The van der Waals surface area contributed by atoms with Crippen LogP contribution in [0.1, 0.15) is 5.69 Å². The molecule has 0 radical (unpaired) electrons. The summed E-state index contributed by atoms with van der Waals surface area (Å²) in [6.07, 6.45) is 1.89. The first-order valence-corrected chi connectivity index (χ1v) is 4.59. The Morgan fingerprint density at radius 3 is 2.93 bits per heavy atom. The number of likely N-dealkylation sites (tertiary alicyclic amines) is 1. The van der Waals surface area contributed by atoms with Gasteiger partial charge in [-0.2, -0.15) is 5.10 Å². The molecule has 0 bridgehead atoms. The molecule has 2 heterocycles. The summed E-state index contributed by atoms with van der Waals surface area (Å²) in [5, 5.41) is 12.9. The Balaban J connectivity index is 1.82. The van der Waals surface area contributed by atoms with Crippen LogP contribution in [0.3, 0.4) is 0 Å². The number of aryl methyl sites for hydroxylation is 1. The van der Waals surface area contributed by atoms with Crippen molar-refractivity contribution < 1.29 is 9.90 Å². The lowest BCUT2D eigenvalue weighted by atomic mass is 10.0. The van der Waals surface area contributed by atoms with Crippen LogP contribution in [0.15, 0.2) is 12.3 Å². The number of nitrogens with zero attached hydrogens (tertiary/aromatic N) is 3. The maximum Gasteiger partial charge on any atom is 0.309 e. The molecule has 1 aliphatic rings. The Labute approximate surface area is 81.9 Å². The topological polar surface area (TPSA) is 58.4 Å². The number of hydrogen-bond acceptors (Lipinski definition) is 3. The lowest BCUT2D eigenvalue weighted by Crippen LogP contribution is -2.49. The highest BCUT2D eigenvalue weighted by Gasteiger charge is 2.32. The first-order chi connectivity index (χ1) is 6.65. The third-order valence-corrected chi connectivity index (χ3v) is 2.46. The fraction of sp³-hybridized carbons (Fsp3) is 0.556. The minimum absolute atomic E-state index is 0.182. The van der Waals surface area contributed by atoms with Crippen LogP contribution in [0.25, 0.3) is 0 Å². The SMILES string of the molecule is Cn1ccc(CN2CC(C(=O)O)C2)n1. The summed E-state index contributed by atoms with van der Waals surface area (Å²) >= 11 is 0. The van der Waals surface area contributed by atoms with Crippen molar-refractivity contribution in [3.63, 3.8) is 0 Å². The lowest BCUT2D eigenvalue weighted by Gasteiger charge is -2.35. The Morgan fingerprint density at radius 1 is 1.71 bits per heavy atom. The van der Waals surface area contributed by atoms with Crippen LogP contribution in [0.4, 0.5) is 0 Å². The van der Waals surface area contributed by atoms with E-state index in [1.54, 1.807) is 4.68 Å². The average molecular weight is 195 g/mol. The molecule has 2 rings (SSSR count). The van der Waals surface area contributed by atoms with Crippen LogP contribution in [-0.4, -0.2) is 38.8 Å². The molecule has 1 aliphatic heterocycles. The first kappa shape index (κ1) is 9.21. The maximum atomic E-state index is 10.5. The van der Waals surface area contributed by atoms with Crippen LogP contribution < -0.4 is 0 Å². The molecule has 0 unspecified atom stereocenters. The van der Waals surface area contributed by atoms with Gasteiger partial charge in [0, 0.05) is 32.9 Å². The summed E-state index contributed by atoms with van der Waals surface area (Å²) in [5.41, 5.74) is 0.997. The Hall–Kier alpha value is -1.36. The van der Waals surface area contributed by atoms with Crippen molar-refractivity contribution in [1.29, 1.82) is 0 Å². The van der Waals surface area contributed by atoms with E-state index in [9.17, 15) is 4.79 Å². The highest BCUT2D eigenvalue weighted by molar-refractivity contribution is 5.71. The van der Waals surface area contributed by atoms with E-state index in [1.165, 1.54) is 0 Å². The van der Waals surface area contributed by atoms with Gasteiger partial charge in [0.05, 0.1) is 11.6 Å². The van der Waals surface area contributed by atoms with E-state index in [2.05, 4.69) is 10.00 Å². The van der Waals surface area contributed by atoms with Crippen molar-refractivity contribution in [1.82, 2.24) is 14.7 Å². The number of carboxylic acid groups (broad SMARTS) is 1.